The van der Waals surface area contributed by atoms with Crippen molar-refractivity contribution in [2.45, 2.75) is 6.42 Å². The highest BCUT2D eigenvalue weighted by Gasteiger charge is 2.08. The van der Waals surface area contributed by atoms with E-state index in [2.05, 4.69) is 21.1 Å². The molecule has 0 saturated heterocycles. The number of phenols is 2. The van der Waals surface area contributed by atoms with Crippen LogP contribution in [0.3, 0.4) is 0 Å². The molecule has 0 aliphatic heterocycles. The van der Waals surface area contributed by atoms with E-state index in [0.29, 0.717) is 0 Å². The number of benzene rings is 1. The van der Waals surface area contributed by atoms with Gasteiger partial charge in [0.25, 0.3) is 0 Å². The number of quaternary nitrogens is 1. The molecule has 1 aromatic rings. The highest BCUT2D eigenvalue weighted by molar-refractivity contribution is 5.40. The third-order valence-electron chi connectivity index (χ3n) is 2.11. The van der Waals surface area contributed by atoms with Gasteiger partial charge in [-0.3, -0.25) is 0 Å². The first-order chi connectivity index (χ1) is 6.38. The van der Waals surface area contributed by atoms with Crippen molar-refractivity contribution in [2.75, 3.05) is 27.7 Å². The van der Waals surface area contributed by atoms with Gasteiger partial charge in [0.05, 0.1) is 27.7 Å². The predicted octanol–water partition coefficient (Wildman–Crippen LogP) is -1.65. The number of aromatic hydroxyl groups is 2. The Bertz CT molecular complexity index is 321. The number of phenolic OH excluding ortho intramolecular Hbond substituents is 2. The van der Waals surface area contributed by atoms with E-state index in [1.54, 1.807) is 6.07 Å². The minimum Gasteiger partial charge on any atom is -1.00 e. The van der Waals surface area contributed by atoms with E-state index < -0.39 is 0 Å². The lowest BCUT2D eigenvalue weighted by molar-refractivity contribution is -0.870. The lowest BCUT2D eigenvalue weighted by atomic mass is 10.1. The molecule has 86 valence electrons. The molecule has 3 nitrogen and oxygen atoms in total. The molecule has 15 heavy (non-hydrogen) atoms. The molecule has 0 aliphatic carbocycles. The van der Waals surface area contributed by atoms with E-state index in [-0.39, 0.29) is 23.9 Å². The molecule has 4 heteroatoms. The van der Waals surface area contributed by atoms with Crippen molar-refractivity contribution in [3.05, 3.63) is 23.8 Å². The van der Waals surface area contributed by atoms with Gasteiger partial charge >= 0.3 is 0 Å². The molecule has 0 fully saturated rings. The molecule has 0 radical (unpaired) electrons. The summed E-state index contributed by atoms with van der Waals surface area (Å²) in [5, 5.41) is 18.4. The SMILES string of the molecule is C[N+](C)(C)CCc1ccc(O)c(O)c1.[Cl-]. The Morgan fingerprint density at radius 1 is 1.07 bits per heavy atom. The van der Waals surface area contributed by atoms with Crippen molar-refractivity contribution in [1.82, 2.24) is 0 Å². The predicted molar refractivity (Wildman–Crippen MR) is 56.4 cm³/mol. The number of halogens is 1. The summed E-state index contributed by atoms with van der Waals surface area (Å²) >= 11 is 0. The maximum atomic E-state index is 9.27. The van der Waals surface area contributed by atoms with Gasteiger partial charge in [-0.1, -0.05) is 6.07 Å². The van der Waals surface area contributed by atoms with Gasteiger partial charge in [-0.15, -0.1) is 0 Å². The summed E-state index contributed by atoms with van der Waals surface area (Å²) < 4.78 is 0.891. The Balaban J connectivity index is 0.00000196. The summed E-state index contributed by atoms with van der Waals surface area (Å²) in [4.78, 5) is 0. The zero-order valence-electron chi connectivity index (χ0n) is 9.37. The molecule has 1 rings (SSSR count). The largest absolute Gasteiger partial charge is 1.00 e. The highest BCUT2D eigenvalue weighted by atomic mass is 35.5. The number of hydrogen-bond donors (Lipinski definition) is 2. The van der Waals surface area contributed by atoms with Crippen molar-refractivity contribution >= 4 is 0 Å². The fraction of sp³-hybridized carbons (Fsp3) is 0.455. The first kappa shape index (κ1) is 14.1. The van der Waals surface area contributed by atoms with Crippen molar-refractivity contribution in [2.24, 2.45) is 0 Å². The summed E-state index contributed by atoms with van der Waals surface area (Å²) in [7, 11) is 6.38. The van der Waals surface area contributed by atoms with E-state index in [1.807, 2.05) is 6.07 Å². The molecule has 0 spiro atoms. The van der Waals surface area contributed by atoms with Crippen LogP contribution in [0.4, 0.5) is 0 Å². The maximum Gasteiger partial charge on any atom is 0.157 e. The topological polar surface area (TPSA) is 40.5 Å². The van der Waals surface area contributed by atoms with Crippen LogP contribution in [0, 0.1) is 0 Å². The maximum absolute atomic E-state index is 9.27. The van der Waals surface area contributed by atoms with E-state index in [1.165, 1.54) is 6.07 Å². The Morgan fingerprint density at radius 2 is 1.67 bits per heavy atom. The summed E-state index contributed by atoms with van der Waals surface area (Å²) in [6, 6.07) is 4.98. The molecule has 0 aliphatic rings. The molecule has 0 unspecified atom stereocenters. The Kier molecular flexibility index (Phi) is 4.91. The first-order valence-electron chi connectivity index (χ1n) is 4.70. The average Bonchev–Trinajstić information content (AvgIpc) is 2.06. The van der Waals surface area contributed by atoms with Gasteiger partial charge in [-0.05, 0) is 17.7 Å². The summed E-state index contributed by atoms with van der Waals surface area (Å²) in [5.74, 6) is -0.0945. The second kappa shape index (κ2) is 5.24. The number of nitrogens with zero attached hydrogens (tertiary/aromatic N) is 1. The van der Waals surface area contributed by atoms with Crippen LogP contribution in [0.1, 0.15) is 5.56 Å². The summed E-state index contributed by atoms with van der Waals surface area (Å²) in [5.41, 5.74) is 1.05. The molecule has 0 heterocycles. The average molecular weight is 232 g/mol. The fourth-order valence-corrected chi connectivity index (χ4v) is 1.19. The van der Waals surface area contributed by atoms with Crippen LogP contribution in [0.5, 0.6) is 11.5 Å². The molecule has 1 aromatic carbocycles. The van der Waals surface area contributed by atoms with Crippen LogP contribution >= 0.6 is 0 Å². The van der Waals surface area contributed by atoms with Gasteiger partial charge in [0, 0.05) is 6.42 Å². The van der Waals surface area contributed by atoms with Crippen molar-refractivity contribution in [3.8, 4) is 11.5 Å². The minimum atomic E-state index is -0.0565. The number of rotatable bonds is 3. The summed E-state index contributed by atoms with van der Waals surface area (Å²) in [6.07, 6.45) is 0.900. The number of hydrogen-bond acceptors (Lipinski definition) is 2. The lowest BCUT2D eigenvalue weighted by Gasteiger charge is -2.23. The minimum absolute atomic E-state index is 0. The molecule has 0 saturated carbocycles. The Morgan fingerprint density at radius 3 is 2.13 bits per heavy atom. The zero-order chi connectivity index (χ0) is 10.8. The lowest BCUT2D eigenvalue weighted by Crippen LogP contribution is -3.00. The van der Waals surface area contributed by atoms with E-state index in [4.69, 9.17) is 5.11 Å². The van der Waals surface area contributed by atoms with Crippen LogP contribution in [0.15, 0.2) is 18.2 Å². The van der Waals surface area contributed by atoms with Gasteiger partial charge in [0.2, 0.25) is 0 Å². The van der Waals surface area contributed by atoms with Gasteiger partial charge in [-0.25, -0.2) is 0 Å². The molecule has 0 aromatic heterocycles. The molecule has 0 bridgehead atoms. The van der Waals surface area contributed by atoms with E-state index in [0.717, 1.165) is 23.0 Å². The Labute approximate surface area is 97.0 Å². The van der Waals surface area contributed by atoms with Crippen LogP contribution in [-0.2, 0) is 6.42 Å². The molecular formula is C11H18ClNO2. The zero-order valence-corrected chi connectivity index (χ0v) is 10.1. The fourth-order valence-electron chi connectivity index (χ4n) is 1.19. The van der Waals surface area contributed by atoms with Gasteiger partial charge in [0.15, 0.2) is 11.5 Å². The molecule has 2 N–H and O–H groups in total. The van der Waals surface area contributed by atoms with Crippen LogP contribution in [0.2, 0.25) is 0 Å². The molecular weight excluding hydrogens is 214 g/mol. The van der Waals surface area contributed by atoms with E-state index >= 15 is 0 Å². The smallest absolute Gasteiger partial charge is 0.157 e. The van der Waals surface area contributed by atoms with Crippen LogP contribution < -0.4 is 12.4 Å². The quantitative estimate of drug-likeness (QED) is 0.484. The first-order valence-corrected chi connectivity index (χ1v) is 4.70. The number of likely N-dealkylation sites (N-methyl/N-ethyl adjacent to an activating group) is 1. The standard InChI is InChI=1S/C11H17NO2.ClH/c1-12(2,3)7-6-9-4-5-10(13)11(14)8-9;/h4-5,8H,6-7H2,1-3H3,(H-,13,14);1H. The summed E-state index contributed by atoms with van der Waals surface area (Å²) in [6.45, 7) is 1.00. The second-order valence-electron chi connectivity index (χ2n) is 4.59. The van der Waals surface area contributed by atoms with Crippen LogP contribution in [0.25, 0.3) is 0 Å². The third kappa shape index (κ3) is 4.91. The Hall–Kier alpha value is -0.930. The van der Waals surface area contributed by atoms with Gasteiger partial charge in [0.1, 0.15) is 0 Å². The van der Waals surface area contributed by atoms with Crippen LogP contribution in [-0.4, -0.2) is 42.4 Å². The van der Waals surface area contributed by atoms with Crippen molar-refractivity contribution < 1.29 is 27.1 Å². The van der Waals surface area contributed by atoms with Gasteiger partial charge in [-0.2, -0.15) is 0 Å². The molecule has 0 amide bonds. The van der Waals surface area contributed by atoms with Gasteiger partial charge < -0.3 is 27.1 Å². The monoisotopic (exact) mass is 231 g/mol. The third-order valence-corrected chi connectivity index (χ3v) is 2.11. The second-order valence-corrected chi connectivity index (χ2v) is 4.59. The normalized spacial score (nSPS) is 10.9. The molecule has 0 atom stereocenters. The van der Waals surface area contributed by atoms with Crippen molar-refractivity contribution in [3.63, 3.8) is 0 Å². The van der Waals surface area contributed by atoms with Crippen molar-refractivity contribution in [1.29, 1.82) is 0 Å². The van der Waals surface area contributed by atoms with E-state index in [9.17, 15) is 5.11 Å². The highest BCUT2D eigenvalue weighted by Crippen LogP contribution is 2.25.